The van der Waals surface area contributed by atoms with Crippen LogP contribution in [0.3, 0.4) is 0 Å². The van der Waals surface area contributed by atoms with Crippen molar-refractivity contribution in [1.82, 2.24) is 10.2 Å². The molecule has 0 bridgehead atoms. The Morgan fingerprint density at radius 3 is 2.26 bits per heavy atom. The number of carbonyl (C=O) groups is 1. The lowest BCUT2D eigenvalue weighted by molar-refractivity contribution is -0.126. The van der Waals surface area contributed by atoms with E-state index < -0.39 is 6.10 Å². The largest absolute Gasteiger partial charge is 0.386 e. The zero-order valence-corrected chi connectivity index (χ0v) is 19.0. The summed E-state index contributed by atoms with van der Waals surface area (Å²) in [4.78, 5) is 17.7. The monoisotopic (exact) mass is 461 g/mol. The van der Waals surface area contributed by atoms with Crippen LogP contribution < -0.4 is 10.2 Å². The van der Waals surface area contributed by atoms with Crippen LogP contribution in [0, 0.1) is 5.92 Å². The van der Waals surface area contributed by atoms with Crippen LogP contribution in [-0.2, 0) is 4.79 Å². The topological polar surface area (TPSA) is 55.8 Å². The van der Waals surface area contributed by atoms with Crippen molar-refractivity contribution < 1.29 is 9.90 Å². The zero-order valence-electron chi connectivity index (χ0n) is 17.5. The van der Waals surface area contributed by atoms with E-state index in [-0.39, 0.29) is 17.9 Å². The van der Waals surface area contributed by atoms with Crippen LogP contribution in [0.1, 0.15) is 30.9 Å². The summed E-state index contributed by atoms with van der Waals surface area (Å²) in [6.45, 7) is 4.15. The number of nitrogens with zero attached hydrogens (tertiary/aromatic N) is 2. The maximum atomic E-state index is 13.1. The Morgan fingerprint density at radius 2 is 1.61 bits per heavy atom. The standard InChI is InChI=1S/C24H29Cl2N3O2/c25-19-5-3-17(4-6-19)23(30)22(16-28-12-1-2-13-28)27-24(31)18-11-14-29(15-18)21-9-7-20(26)8-10-21/h3-10,18,22-23,30H,1-2,11-16H2,(H,27,31)/t18?,22-,23-/m1/s1. The van der Waals surface area contributed by atoms with Gasteiger partial charge >= 0.3 is 0 Å². The van der Waals surface area contributed by atoms with E-state index >= 15 is 0 Å². The molecule has 166 valence electrons. The summed E-state index contributed by atoms with van der Waals surface area (Å²) >= 11 is 12.0. The fourth-order valence-electron chi connectivity index (χ4n) is 4.52. The Labute approximate surface area is 193 Å². The molecule has 2 aliphatic rings. The Hall–Kier alpha value is -1.79. The van der Waals surface area contributed by atoms with E-state index in [2.05, 4.69) is 15.1 Å². The lowest BCUT2D eigenvalue weighted by atomic mass is 10.00. The number of nitrogens with one attached hydrogen (secondary N) is 1. The third kappa shape index (κ3) is 5.72. The first-order valence-electron chi connectivity index (χ1n) is 11.0. The summed E-state index contributed by atoms with van der Waals surface area (Å²) in [5, 5.41) is 15.6. The van der Waals surface area contributed by atoms with Crippen LogP contribution in [0.25, 0.3) is 0 Å². The number of aliphatic hydroxyl groups excluding tert-OH is 1. The maximum absolute atomic E-state index is 13.1. The van der Waals surface area contributed by atoms with E-state index in [4.69, 9.17) is 23.2 Å². The summed E-state index contributed by atoms with van der Waals surface area (Å²) in [5.41, 5.74) is 1.85. The molecule has 0 aliphatic carbocycles. The molecule has 4 rings (SSSR count). The molecule has 0 spiro atoms. The summed E-state index contributed by atoms with van der Waals surface area (Å²) in [6, 6.07) is 14.6. The minimum absolute atomic E-state index is 0.00803. The number of aliphatic hydroxyl groups is 1. The van der Waals surface area contributed by atoms with Crippen LogP contribution in [0.5, 0.6) is 0 Å². The highest BCUT2D eigenvalue weighted by atomic mass is 35.5. The highest BCUT2D eigenvalue weighted by Gasteiger charge is 2.32. The average molecular weight is 462 g/mol. The summed E-state index contributed by atoms with van der Waals surface area (Å²) in [7, 11) is 0. The van der Waals surface area contributed by atoms with Crippen molar-refractivity contribution >= 4 is 34.8 Å². The molecule has 3 atom stereocenters. The number of hydrogen-bond acceptors (Lipinski definition) is 4. The lowest BCUT2D eigenvalue weighted by Gasteiger charge is -2.29. The van der Waals surface area contributed by atoms with Crippen LogP contribution in [-0.4, -0.2) is 54.7 Å². The van der Waals surface area contributed by atoms with Gasteiger partial charge in [0, 0.05) is 35.4 Å². The van der Waals surface area contributed by atoms with E-state index in [1.54, 1.807) is 12.1 Å². The molecule has 2 aromatic carbocycles. The van der Waals surface area contributed by atoms with E-state index in [0.717, 1.165) is 50.1 Å². The molecule has 2 aliphatic heterocycles. The van der Waals surface area contributed by atoms with Crippen LogP contribution in [0.15, 0.2) is 48.5 Å². The lowest BCUT2D eigenvalue weighted by Crippen LogP contribution is -2.48. The molecular formula is C24H29Cl2N3O2. The molecule has 2 aromatic rings. The number of anilines is 1. The van der Waals surface area contributed by atoms with Crippen LogP contribution in [0.2, 0.25) is 10.0 Å². The first kappa shape index (κ1) is 22.4. The van der Waals surface area contributed by atoms with Gasteiger partial charge in [0.05, 0.1) is 12.0 Å². The molecule has 0 aromatic heterocycles. The summed E-state index contributed by atoms with van der Waals surface area (Å²) in [6.07, 6.45) is 2.34. The molecule has 2 saturated heterocycles. The van der Waals surface area contributed by atoms with Crippen molar-refractivity contribution in [2.45, 2.75) is 31.4 Å². The molecule has 2 heterocycles. The fraction of sp³-hybridized carbons (Fsp3) is 0.458. The van der Waals surface area contributed by atoms with Crippen molar-refractivity contribution in [3.8, 4) is 0 Å². The molecule has 1 unspecified atom stereocenters. The number of benzene rings is 2. The van der Waals surface area contributed by atoms with Crippen molar-refractivity contribution in [3.63, 3.8) is 0 Å². The number of likely N-dealkylation sites (tertiary alicyclic amines) is 1. The summed E-state index contributed by atoms with van der Waals surface area (Å²) < 4.78 is 0. The van der Waals surface area contributed by atoms with E-state index in [9.17, 15) is 9.90 Å². The minimum atomic E-state index is -0.782. The number of rotatable bonds is 7. The van der Waals surface area contributed by atoms with Gasteiger partial charge in [-0.05, 0) is 74.3 Å². The number of amides is 1. The first-order chi connectivity index (χ1) is 15.0. The van der Waals surface area contributed by atoms with Gasteiger partial charge in [0.2, 0.25) is 5.91 Å². The predicted octanol–water partition coefficient (Wildman–Crippen LogP) is 4.13. The first-order valence-corrected chi connectivity index (χ1v) is 11.7. The normalized spacial score (nSPS) is 21.3. The molecule has 2 fully saturated rings. The Balaban J connectivity index is 1.42. The molecule has 0 radical (unpaired) electrons. The van der Waals surface area contributed by atoms with Gasteiger partial charge in [-0.3, -0.25) is 4.79 Å². The zero-order chi connectivity index (χ0) is 21.8. The van der Waals surface area contributed by atoms with Gasteiger partial charge in [-0.15, -0.1) is 0 Å². The predicted molar refractivity (Wildman–Crippen MR) is 126 cm³/mol. The number of halogens is 2. The quantitative estimate of drug-likeness (QED) is 0.650. The molecule has 1 amide bonds. The van der Waals surface area contributed by atoms with Gasteiger partial charge < -0.3 is 20.2 Å². The summed E-state index contributed by atoms with van der Waals surface area (Å²) in [5.74, 6) is -0.0946. The minimum Gasteiger partial charge on any atom is -0.386 e. The van der Waals surface area contributed by atoms with Crippen LogP contribution >= 0.6 is 23.2 Å². The highest BCUT2D eigenvalue weighted by Crippen LogP contribution is 2.27. The molecule has 5 nitrogen and oxygen atoms in total. The number of hydrogen-bond donors (Lipinski definition) is 2. The Bertz CT molecular complexity index is 869. The molecule has 31 heavy (non-hydrogen) atoms. The maximum Gasteiger partial charge on any atom is 0.225 e. The van der Waals surface area contributed by atoms with Crippen molar-refractivity contribution in [3.05, 3.63) is 64.1 Å². The fourth-order valence-corrected chi connectivity index (χ4v) is 4.77. The van der Waals surface area contributed by atoms with E-state index in [0.29, 0.717) is 23.1 Å². The average Bonchev–Trinajstić information content (AvgIpc) is 3.46. The van der Waals surface area contributed by atoms with Gasteiger partial charge in [0.25, 0.3) is 0 Å². The van der Waals surface area contributed by atoms with Gasteiger partial charge in [-0.2, -0.15) is 0 Å². The van der Waals surface area contributed by atoms with E-state index in [1.165, 1.54) is 0 Å². The second-order valence-electron chi connectivity index (χ2n) is 8.53. The molecule has 7 heteroatoms. The van der Waals surface area contributed by atoms with Crippen molar-refractivity contribution in [1.29, 1.82) is 0 Å². The third-order valence-electron chi connectivity index (χ3n) is 6.32. The second-order valence-corrected chi connectivity index (χ2v) is 9.40. The Morgan fingerprint density at radius 1 is 1.00 bits per heavy atom. The SMILES string of the molecule is O=C(N[C@H](CN1CCCC1)[C@H](O)c1ccc(Cl)cc1)C1CCN(c2ccc(Cl)cc2)C1. The van der Waals surface area contributed by atoms with E-state index in [1.807, 2.05) is 36.4 Å². The van der Waals surface area contributed by atoms with Gasteiger partial charge in [0.15, 0.2) is 0 Å². The smallest absolute Gasteiger partial charge is 0.225 e. The Kier molecular flexibility index (Phi) is 7.39. The molecule has 2 N–H and O–H groups in total. The highest BCUT2D eigenvalue weighted by molar-refractivity contribution is 6.30. The molecular weight excluding hydrogens is 433 g/mol. The number of carbonyl (C=O) groups excluding carboxylic acids is 1. The van der Waals surface area contributed by atoms with Crippen molar-refractivity contribution in [2.24, 2.45) is 5.92 Å². The van der Waals surface area contributed by atoms with Gasteiger partial charge in [-0.25, -0.2) is 0 Å². The van der Waals surface area contributed by atoms with Crippen LogP contribution in [0.4, 0.5) is 5.69 Å². The second kappa shape index (κ2) is 10.2. The van der Waals surface area contributed by atoms with Gasteiger partial charge in [-0.1, -0.05) is 35.3 Å². The molecule has 0 saturated carbocycles. The van der Waals surface area contributed by atoms with Gasteiger partial charge in [0.1, 0.15) is 6.10 Å². The third-order valence-corrected chi connectivity index (χ3v) is 6.83. The van der Waals surface area contributed by atoms with Crippen molar-refractivity contribution in [2.75, 3.05) is 37.6 Å².